The van der Waals surface area contributed by atoms with Gasteiger partial charge in [-0.1, -0.05) is 198 Å². The average Bonchev–Trinajstić information content (AvgIpc) is 0.833. The standard InChI is InChI=1S/C94H120N16O25/c1-5-54(4)80(110-91(131)70(50-60-34-36-61(111)37-35-60)102-81(121)62(96)45-55-23-11-6-12-24-55)93(133)107-69(48-58-29-17-9-18-30-58)88(128)104-71(49-59-31-19-10-20-32-59)90(130)109-79(53(2)3)92(132)106-68(47-57-27-15-8-16-28-57)87(127)103-67(46-56-25-13-7-14-26-56)86(126)101-64(38-41-74(97)112)83(123)98-63(33-21-22-44-95)82(122)99-65(39-42-75(113)114)84(124)100-66(40-43-76(115)116)85(125)105-72(51-77(117)118)89(129)108-73(94(134)135)52-78(119)120/h6-20,23-32,34-37,53-54,62-73,79-80,111H,5,21-22,33,38-52,95-96H2,1-4H3,(H2,97,112)(H,98,123)(H,99,122)(H,100,124)(H,101,126)(H,102,121)(H,103,127)(H,104,128)(H,105,125)(H,106,132)(H,107,133)(H,108,129)(H,109,130)(H,110,131)(H,113,114)(H,115,116)(H,117,118)(H,119,120)(H,134,135)/t54-,62-,63-,64-,65-,66-,67-,68-,69-,70-,71-,72-,73-,79-,80-/m0/s1. The van der Waals surface area contributed by atoms with Crippen LogP contribution in [-0.2, 0) is 130 Å². The van der Waals surface area contributed by atoms with E-state index >= 15 is 28.8 Å². The number of benzene rings is 6. The number of primary amides is 1. The molecule has 0 unspecified atom stereocenters. The quantitative estimate of drug-likeness (QED) is 0.0217. The number of hydrogen-bond acceptors (Lipinski definition) is 22. The lowest BCUT2D eigenvalue weighted by Gasteiger charge is -2.30. The predicted octanol–water partition coefficient (Wildman–Crippen LogP) is -0.362. The summed E-state index contributed by atoms with van der Waals surface area (Å²) in [6, 6.07) is 24.8. The van der Waals surface area contributed by atoms with Crippen molar-refractivity contribution < 1.29 is 122 Å². The minimum atomic E-state index is -2.21. The first-order chi connectivity index (χ1) is 64.2. The third-order valence-electron chi connectivity index (χ3n) is 21.8. The molecule has 6 aromatic rings. The Labute approximate surface area is 778 Å². The van der Waals surface area contributed by atoms with Gasteiger partial charge in [0.1, 0.15) is 84.3 Å². The first kappa shape index (κ1) is 109. The van der Waals surface area contributed by atoms with Crippen LogP contribution in [0.4, 0.5) is 0 Å². The van der Waals surface area contributed by atoms with E-state index in [1.807, 2.05) is 5.32 Å². The Morgan fingerprint density at radius 2 is 0.556 bits per heavy atom. The number of phenols is 1. The summed E-state index contributed by atoms with van der Waals surface area (Å²) in [7, 11) is 0. The number of unbranched alkanes of at least 4 members (excludes halogenated alkanes) is 1. The lowest BCUT2D eigenvalue weighted by molar-refractivity contribution is -0.148. The summed E-state index contributed by atoms with van der Waals surface area (Å²) in [5.74, 6) is -24.8. The molecule has 135 heavy (non-hydrogen) atoms. The first-order valence-corrected chi connectivity index (χ1v) is 44.0. The third kappa shape index (κ3) is 38.7. The van der Waals surface area contributed by atoms with Crippen LogP contribution in [-0.4, -0.2) is 234 Å². The molecule has 6 rings (SSSR count). The second-order valence-corrected chi connectivity index (χ2v) is 32.9. The van der Waals surface area contributed by atoms with Crippen molar-refractivity contribution in [3.63, 3.8) is 0 Å². The zero-order valence-electron chi connectivity index (χ0n) is 75.1. The zero-order valence-corrected chi connectivity index (χ0v) is 75.1. The van der Waals surface area contributed by atoms with Gasteiger partial charge in [-0.3, -0.25) is 86.3 Å². The van der Waals surface area contributed by atoms with Gasteiger partial charge in [0, 0.05) is 51.4 Å². The summed E-state index contributed by atoms with van der Waals surface area (Å²) in [5, 5.41) is 90.5. The Balaban J connectivity index is 1.28. The van der Waals surface area contributed by atoms with Gasteiger partial charge in [-0.25, -0.2) is 4.79 Å². The minimum Gasteiger partial charge on any atom is -0.508 e. The maximum Gasteiger partial charge on any atom is 0.326 e. The van der Waals surface area contributed by atoms with Gasteiger partial charge < -0.3 is 117 Å². The number of carboxylic acids is 5. The highest BCUT2D eigenvalue weighted by molar-refractivity contribution is 6.01. The van der Waals surface area contributed by atoms with Gasteiger partial charge in [0.15, 0.2) is 0 Å². The van der Waals surface area contributed by atoms with Gasteiger partial charge in [0.05, 0.1) is 18.9 Å². The molecular formula is C94H120N16O25. The van der Waals surface area contributed by atoms with Crippen molar-refractivity contribution in [2.45, 2.75) is 228 Å². The number of carbonyl (C=O) groups excluding carboxylic acids is 14. The average molecular weight is 1870 g/mol. The number of aliphatic carboxylic acids is 5. The number of phenolic OH excluding ortho intramolecular Hbond substituents is 1. The van der Waals surface area contributed by atoms with Crippen molar-refractivity contribution in [1.82, 2.24) is 69.1 Å². The molecule has 0 spiro atoms. The molecule has 0 saturated heterocycles. The van der Waals surface area contributed by atoms with Crippen molar-refractivity contribution in [2.24, 2.45) is 29.0 Å². The molecule has 41 nitrogen and oxygen atoms in total. The summed E-state index contributed by atoms with van der Waals surface area (Å²) >= 11 is 0. The van der Waals surface area contributed by atoms with Crippen LogP contribution < -0.4 is 86.3 Å². The number of hydrogen-bond donors (Lipinski definition) is 22. The van der Waals surface area contributed by atoms with Crippen molar-refractivity contribution >= 4 is 113 Å². The molecule has 0 radical (unpaired) electrons. The SMILES string of the molecule is CC[C@H](C)[C@H](NC(=O)[C@H](Cc1ccc(O)cc1)NC(=O)[C@@H](N)Cc1ccccc1)C(=O)N[C@@H](Cc1ccccc1)C(=O)N[C@@H](Cc1ccccc1)C(=O)N[C@H](C(=O)N[C@@H](Cc1ccccc1)C(=O)N[C@@H](Cc1ccccc1)C(=O)N[C@@H](CCC(N)=O)C(=O)N[C@@H](CCCCN)C(=O)N[C@@H](CCC(=O)O)C(=O)N[C@@H](CCC(=O)O)C(=O)N[C@@H](CC(=O)O)C(=O)N[C@@H](CC(=O)O)C(=O)O)C(C)C. The van der Waals surface area contributed by atoms with E-state index in [2.05, 4.69) is 58.5 Å². The van der Waals surface area contributed by atoms with Crippen LogP contribution in [0, 0.1) is 11.8 Å². The van der Waals surface area contributed by atoms with Crippen LogP contribution >= 0.6 is 0 Å². The van der Waals surface area contributed by atoms with Crippen LogP contribution in [0.25, 0.3) is 0 Å². The first-order valence-electron chi connectivity index (χ1n) is 44.0. The largest absolute Gasteiger partial charge is 0.508 e. The van der Waals surface area contributed by atoms with E-state index in [-0.39, 0.29) is 70.1 Å². The lowest BCUT2D eigenvalue weighted by Crippen LogP contribution is -2.62. The van der Waals surface area contributed by atoms with Crippen LogP contribution in [0.5, 0.6) is 5.75 Å². The monoisotopic (exact) mass is 1870 g/mol. The minimum absolute atomic E-state index is 0.0267. The highest BCUT2D eigenvalue weighted by Gasteiger charge is 2.41. The third-order valence-corrected chi connectivity index (χ3v) is 21.8. The van der Waals surface area contributed by atoms with Crippen molar-refractivity contribution in [3.8, 4) is 5.75 Å². The number of rotatable bonds is 59. The molecule has 41 heteroatoms. The Bertz CT molecular complexity index is 5030. The number of aromatic hydroxyl groups is 1. The second kappa shape index (κ2) is 56.0. The molecule has 6 aromatic carbocycles. The number of carbonyl (C=O) groups is 19. The van der Waals surface area contributed by atoms with Crippen LogP contribution in [0.1, 0.15) is 138 Å². The molecule has 0 bridgehead atoms. The molecule has 0 aromatic heterocycles. The van der Waals surface area contributed by atoms with E-state index in [9.17, 15) is 93.0 Å². The highest BCUT2D eigenvalue weighted by atomic mass is 16.4. The smallest absolute Gasteiger partial charge is 0.326 e. The normalized spacial score (nSPS) is 14.4. The molecule has 726 valence electrons. The van der Waals surface area contributed by atoms with Crippen molar-refractivity contribution in [3.05, 3.63) is 209 Å². The number of carboxylic acid groups (broad SMARTS) is 5. The lowest BCUT2D eigenvalue weighted by atomic mass is 9.96. The molecule has 0 fully saturated rings. The van der Waals surface area contributed by atoms with E-state index in [4.69, 9.17) is 17.2 Å². The summed E-state index contributed by atoms with van der Waals surface area (Å²) in [6.45, 7) is 6.69. The molecule has 25 N–H and O–H groups in total. The summed E-state index contributed by atoms with van der Waals surface area (Å²) < 4.78 is 0. The summed E-state index contributed by atoms with van der Waals surface area (Å²) in [6.07, 6.45) is -7.86. The zero-order chi connectivity index (χ0) is 99.4. The van der Waals surface area contributed by atoms with Gasteiger partial charge in [0.2, 0.25) is 82.7 Å². The van der Waals surface area contributed by atoms with E-state index in [0.29, 0.717) is 34.2 Å². The molecule has 0 aliphatic carbocycles. The topological polar surface area (TPSA) is 680 Å². The van der Waals surface area contributed by atoms with Gasteiger partial charge in [-0.15, -0.1) is 0 Å². The van der Waals surface area contributed by atoms with Crippen molar-refractivity contribution in [1.29, 1.82) is 0 Å². The number of nitrogens with two attached hydrogens (primary N) is 3. The van der Waals surface area contributed by atoms with E-state index in [1.54, 1.807) is 197 Å². The van der Waals surface area contributed by atoms with E-state index in [1.165, 1.54) is 12.1 Å². The van der Waals surface area contributed by atoms with Gasteiger partial charge >= 0.3 is 29.8 Å². The highest BCUT2D eigenvalue weighted by Crippen LogP contribution is 2.19. The van der Waals surface area contributed by atoms with Gasteiger partial charge in [-0.2, -0.15) is 0 Å². The van der Waals surface area contributed by atoms with Gasteiger partial charge in [-0.05, 0) is 109 Å². The Morgan fingerprint density at radius 1 is 0.289 bits per heavy atom. The molecule has 15 atom stereocenters. The second-order valence-electron chi connectivity index (χ2n) is 32.9. The maximum atomic E-state index is 15.3. The van der Waals surface area contributed by atoms with E-state index in [0.717, 1.165) is 5.56 Å². The van der Waals surface area contributed by atoms with Crippen LogP contribution in [0.2, 0.25) is 0 Å². The molecule has 14 amide bonds. The molecule has 0 aliphatic rings. The molecule has 0 aliphatic heterocycles. The van der Waals surface area contributed by atoms with Crippen LogP contribution in [0.3, 0.4) is 0 Å². The predicted molar refractivity (Wildman–Crippen MR) is 487 cm³/mol. The van der Waals surface area contributed by atoms with E-state index < -0.39 is 260 Å². The molecule has 0 saturated carbocycles. The summed E-state index contributed by atoms with van der Waals surface area (Å²) in [4.78, 5) is 262. The Morgan fingerprint density at radius 3 is 0.881 bits per heavy atom. The fourth-order valence-corrected chi connectivity index (χ4v) is 14.1. The Hall–Kier alpha value is -15.0. The van der Waals surface area contributed by atoms with Crippen molar-refractivity contribution in [2.75, 3.05) is 6.54 Å². The van der Waals surface area contributed by atoms with Crippen LogP contribution in [0.15, 0.2) is 176 Å². The molecule has 0 heterocycles. The maximum absolute atomic E-state index is 15.3. The number of nitrogens with one attached hydrogen (secondary N) is 13. The molecular weight excluding hydrogens is 1750 g/mol. The fraction of sp³-hybridized carbons (Fsp3) is 0.415. The summed E-state index contributed by atoms with van der Waals surface area (Å²) in [5.41, 5.74) is 21.1. The van der Waals surface area contributed by atoms with Gasteiger partial charge in [0.25, 0.3) is 0 Å². The fourth-order valence-electron chi connectivity index (χ4n) is 14.1. The Kier molecular flexibility index (Phi) is 45.1. The number of amides is 14.